The Morgan fingerprint density at radius 2 is 1.77 bits per heavy atom. The summed E-state index contributed by atoms with van der Waals surface area (Å²) in [7, 11) is 1.47. The lowest BCUT2D eigenvalue weighted by molar-refractivity contribution is -0.138. The molecule has 138 valence electrons. The third-order valence-corrected chi connectivity index (χ3v) is 4.15. The molecule has 0 saturated heterocycles. The Bertz CT molecular complexity index is 807. The van der Waals surface area contributed by atoms with Gasteiger partial charge in [0.25, 0.3) is 0 Å². The lowest BCUT2D eigenvalue weighted by Gasteiger charge is -2.23. The lowest BCUT2D eigenvalue weighted by atomic mass is 9.90. The molecule has 2 amide bonds. The molecule has 0 atom stereocenters. The number of carbonyl (C=O) groups excluding carboxylic acids is 2. The van der Waals surface area contributed by atoms with Crippen LogP contribution in [0.1, 0.15) is 19.4 Å². The third-order valence-electron chi connectivity index (χ3n) is 3.91. The van der Waals surface area contributed by atoms with E-state index >= 15 is 0 Å². The second-order valence-corrected chi connectivity index (χ2v) is 6.67. The molecule has 0 saturated carbocycles. The minimum absolute atomic E-state index is 0.191. The summed E-state index contributed by atoms with van der Waals surface area (Å²) in [6.45, 7) is 3.22. The fourth-order valence-electron chi connectivity index (χ4n) is 2.17. The van der Waals surface area contributed by atoms with Crippen molar-refractivity contribution in [1.29, 1.82) is 0 Å². The second kappa shape index (κ2) is 8.19. The fraction of sp³-hybridized carbons (Fsp3) is 0.263. The molecule has 2 aromatic rings. The van der Waals surface area contributed by atoms with Crippen molar-refractivity contribution in [2.75, 3.05) is 12.4 Å². The van der Waals surface area contributed by atoms with Gasteiger partial charge in [-0.3, -0.25) is 9.59 Å². The number of ether oxygens (including phenoxy) is 1. The highest BCUT2D eigenvalue weighted by Crippen LogP contribution is 2.29. The SMILES string of the molecule is COc1ccc(Cl)cc1NC(=O)C(C)(C)C(=O)NCc1ccc(F)cc1. The van der Waals surface area contributed by atoms with Gasteiger partial charge in [-0.1, -0.05) is 23.7 Å². The summed E-state index contributed by atoms with van der Waals surface area (Å²) in [6, 6.07) is 10.6. The van der Waals surface area contributed by atoms with Crippen LogP contribution in [0.3, 0.4) is 0 Å². The minimum atomic E-state index is -1.34. The Labute approximate surface area is 156 Å². The van der Waals surface area contributed by atoms with Gasteiger partial charge in [-0.25, -0.2) is 4.39 Å². The summed E-state index contributed by atoms with van der Waals surface area (Å²) >= 11 is 5.95. The summed E-state index contributed by atoms with van der Waals surface area (Å²) in [4.78, 5) is 25.0. The monoisotopic (exact) mass is 378 g/mol. The first kappa shape index (κ1) is 19.7. The maximum absolute atomic E-state index is 12.9. The van der Waals surface area contributed by atoms with Crippen LogP contribution in [0.5, 0.6) is 5.75 Å². The number of anilines is 1. The molecule has 0 aliphatic carbocycles. The molecule has 0 fully saturated rings. The average molecular weight is 379 g/mol. The van der Waals surface area contributed by atoms with Gasteiger partial charge in [0.1, 0.15) is 17.0 Å². The smallest absolute Gasteiger partial charge is 0.239 e. The standard InChI is InChI=1S/C19H20ClFN2O3/c1-19(2,17(24)22-11-12-4-7-14(21)8-5-12)18(25)23-15-10-13(20)6-9-16(15)26-3/h4-10H,11H2,1-3H3,(H,22,24)(H,23,25). The molecular weight excluding hydrogens is 359 g/mol. The highest BCUT2D eigenvalue weighted by molar-refractivity contribution is 6.31. The first-order valence-corrected chi connectivity index (χ1v) is 8.29. The zero-order valence-corrected chi connectivity index (χ0v) is 15.5. The van der Waals surface area contributed by atoms with Crippen molar-refractivity contribution >= 4 is 29.1 Å². The van der Waals surface area contributed by atoms with E-state index in [0.29, 0.717) is 16.5 Å². The van der Waals surface area contributed by atoms with Crippen LogP contribution in [0, 0.1) is 11.2 Å². The van der Waals surface area contributed by atoms with Gasteiger partial charge < -0.3 is 15.4 Å². The number of halogens is 2. The molecule has 5 nitrogen and oxygen atoms in total. The fourth-order valence-corrected chi connectivity index (χ4v) is 2.34. The largest absolute Gasteiger partial charge is 0.495 e. The minimum Gasteiger partial charge on any atom is -0.495 e. The summed E-state index contributed by atoms with van der Waals surface area (Å²) < 4.78 is 18.1. The summed E-state index contributed by atoms with van der Waals surface area (Å²) in [5.41, 5.74) is -0.232. The van der Waals surface area contributed by atoms with Crippen LogP contribution in [0.15, 0.2) is 42.5 Å². The normalized spacial score (nSPS) is 11.0. The quantitative estimate of drug-likeness (QED) is 0.752. The van der Waals surface area contributed by atoms with Crippen LogP contribution in [-0.4, -0.2) is 18.9 Å². The van der Waals surface area contributed by atoms with Crippen molar-refractivity contribution in [1.82, 2.24) is 5.32 Å². The van der Waals surface area contributed by atoms with E-state index in [4.69, 9.17) is 16.3 Å². The zero-order valence-electron chi connectivity index (χ0n) is 14.7. The number of hydrogen-bond donors (Lipinski definition) is 2. The molecule has 26 heavy (non-hydrogen) atoms. The Kier molecular flexibility index (Phi) is 6.21. The molecule has 0 aromatic heterocycles. The highest BCUT2D eigenvalue weighted by atomic mass is 35.5. The number of rotatable bonds is 6. The van der Waals surface area contributed by atoms with E-state index in [1.807, 2.05) is 0 Å². The average Bonchev–Trinajstić information content (AvgIpc) is 2.61. The van der Waals surface area contributed by atoms with Crippen LogP contribution in [0.4, 0.5) is 10.1 Å². The van der Waals surface area contributed by atoms with E-state index in [9.17, 15) is 14.0 Å². The molecule has 2 aromatic carbocycles. The Morgan fingerprint density at radius 1 is 1.12 bits per heavy atom. The Balaban J connectivity index is 2.05. The van der Waals surface area contributed by atoms with Crippen LogP contribution in [0.2, 0.25) is 5.02 Å². The van der Waals surface area contributed by atoms with Gasteiger partial charge in [-0.15, -0.1) is 0 Å². The summed E-state index contributed by atoms with van der Waals surface area (Å²) in [5.74, 6) is -0.879. The molecule has 0 radical (unpaired) electrons. The molecule has 0 aliphatic heterocycles. The Morgan fingerprint density at radius 3 is 2.38 bits per heavy atom. The number of carbonyl (C=O) groups is 2. The van der Waals surface area contributed by atoms with Gasteiger partial charge in [0, 0.05) is 11.6 Å². The van der Waals surface area contributed by atoms with E-state index in [1.165, 1.54) is 33.1 Å². The predicted molar refractivity (Wildman–Crippen MR) is 98.7 cm³/mol. The van der Waals surface area contributed by atoms with Crippen LogP contribution in [-0.2, 0) is 16.1 Å². The van der Waals surface area contributed by atoms with Gasteiger partial charge in [-0.05, 0) is 49.7 Å². The molecule has 0 aliphatic rings. The number of amides is 2. The third kappa shape index (κ3) is 4.73. The summed E-state index contributed by atoms with van der Waals surface area (Å²) in [6.07, 6.45) is 0. The maximum Gasteiger partial charge on any atom is 0.239 e. The van der Waals surface area contributed by atoms with E-state index in [0.717, 1.165) is 5.56 Å². The second-order valence-electron chi connectivity index (χ2n) is 6.23. The highest BCUT2D eigenvalue weighted by Gasteiger charge is 2.36. The van der Waals surface area contributed by atoms with Gasteiger partial charge in [-0.2, -0.15) is 0 Å². The number of nitrogens with one attached hydrogen (secondary N) is 2. The molecule has 7 heteroatoms. The van der Waals surface area contributed by atoms with Gasteiger partial charge in [0.15, 0.2) is 0 Å². The molecule has 0 spiro atoms. The lowest BCUT2D eigenvalue weighted by Crippen LogP contribution is -2.44. The van der Waals surface area contributed by atoms with Crippen molar-refractivity contribution in [3.05, 3.63) is 58.9 Å². The molecule has 0 bridgehead atoms. The summed E-state index contributed by atoms with van der Waals surface area (Å²) in [5, 5.41) is 5.79. The maximum atomic E-state index is 12.9. The van der Waals surface area contributed by atoms with Crippen molar-refractivity contribution in [3.8, 4) is 5.75 Å². The van der Waals surface area contributed by atoms with Crippen LogP contribution < -0.4 is 15.4 Å². The molecule has 2 rings (SSSR count). The number of benzene rings is 2. The van der Waals surface area contributed by atoms with E-state index in [2.05, 4.69) is 10.6 Å². The van der Waals surface area contributed by atoms with Crippen LogP contribution in [0.25, 0.3) is 0 Å². The van der Waals surface area contributed by atoms with Crippen LogP contribution >= 0.6 is 11.6 Å². The van der Waals surface area contributed by atoms with Gasteiger partial charge in [0.2, 0.25) is 11.8 Å². The predicted octanol–water partition coefficient (Wildman–Crippen LogP) is 3.77. The number of methoxy groups -OCH3 is 1. The Hall–Kier alpha value is -2.60. The van der Waals surface area contributed by atoms with E-state index < -0.39 is 17.2 Å². The van der Waals surface area contributed by atoms with Gasteiger partial charge >= 0.3 is 0 Å². The first-order chi connectivity index (χ1) is 12.2. The molecule has 0 unspecified atom stereocenters. The molecule has 2 N–H and O–H groups in total. The van der Waals surface area contributed by atoms with Gasteiger partial charge in [0.05, 0.1) is 12.8 Å². The molecular formula is C19H20ClFN2O3. The molecule has 0 heterocycles. The van der Waals surface area contributed by atoms with E-state index in [1.54, 1.807) is 30.3 Å². The van der Waals surface area contributed by atoms with E-state index in [-0.39, 0.29) is 12.4 Å². The van der Waals surface area contributed by atoms with Crippen molar-refractivity contribution in [2.24, 2.45) is 5.41 Å². The topological polar surface area (TPSA) is 67.4 Å². The number of hydrogen-bond acceptors (Lipinski definition) is 3. The van der Waals surface area contributed by atoms with Crippen molar-refractivity contribution in [3.63, 3.8) is 0 Å². The van der Waals surface area contributed by atoms with Crippen molar-refractivity contribution < 1.29 is 18.7 Å². The first-order valence-electron chi connectivity index (χ1n) is 7.92. The van der Waals surface area contributed by atoms with Crippen molar-refractivity contribution in [2.45, 2.75) is 20.4 Å². The zero-order chi connectivity index (χ0) is 19.3.